The molecule has 0 saturated heterocycles. The van der Waals surface area contributed by atoms with Crippen LogP contribution in [0, 0.1) is 22.0 Å². The highest BCUT2D eigenvalue weighted by atomic mass is 35.5. The van der Waals surface area contributed by atoms with Gasteiger partial charge in [0.05, 0.1) is 10.8 Å². The Kier molecular flexibility index (Phi) is 4.04. The van der Waals surface area contributed by atoms with E-state index in [1.807, 2.05) is 0 Å². The van der Waals surface area contributed by atoms with Crippen LogP contribution in [0.5, 0.6) is 0 Å². The largest absolute Gasteiger partial charge is 0.312 e. The van der Waals surface area contributed by atoms with Gasteiger partial charge in [-0.1, -0.05) is 0 Å². The minimum absolute atomic E-state index is 0.0301. The number of hydrogen-bond donors (Lipinski definition) is 0. The third kappa shape index (κ3) is 2.80. The summed E-state index contributed by atoms with van der Waals surface area (Å²) in [6.07, 6.45) is 0.477. The van der Waals surface area contributed by atoms with Gasteiger partial charge in [-0.3, -0.25) is 19.7 Å². The highest BCUT2D eigenvalue weighted by molar-refractivity contribution is 6.64. The number of nitrogens with zero attached hydrogens (tertiary/aromatic N) is 2. The van der Waals surface area contributed by atoms with Gasteiger partial charge in [0.25, 0.3) is 5.69 Å². The SMILES string of the molecule is CCN(C(=O)C1CC1C(=O)Cl)c1ccc([N+](=O)[O-])cc1. The highest BCUT2D eigenvalue weighted by Crippen LogP contribution is 2.42. The lowest BCUT2D eigenvalue weighted by atomic mass is 10.2. The van der Waals surface area contributed by atoms with E-state index in [4.69, 9.17) is 11.6 Å². The zero-order valence-electron chi connectivity index (χ0n) is 10.8. The average molecular weight is 297 g/mol. The number of nitro groups is 1. The third-order valence-corrected chi connectivity index (χ3v) is 3.63. The fraction of sp³-hybridized carbons (Fsp3) is 0.385. The normalized spacial score (nSPS) is 20.3. The summed E-state index contributed by atoms with van der Waals surface area (Å²) in [5.74, 6) is -0.924. The first-order valence-corrected chi connectivity index (χ1v) is 6.58. The molecular weight excluding hydrogens is 284 g/mol. The quantitative estimate of drug-likeness (QED) is 0.474. The number of non-ortho nitro benzene ring substituents is 1. The van der Waals surface area contributed by atoms with Crippen LogP contribution in [0.25, 0.3) is 0 Å². The molecule has 1 saturated carbocycles. The molecule has 7 heteroatoms. The number of carbonyl (C=O) groups excluding carboxylic acids is 2. The van der Waals surface area contributed by atoms with Gasteiger partial charge in [0, 0.05) is 30.3 Å². The van der Waals surface area contributed by atoms with Crippen LogP contribution in [0.4, 0.5) is 11.4 Å². The summed E-state index contributed by atoms with van der Waals surface area (Å²) in [7, 11) is 0. The van der Waals surface area contributed by atoms with Gasteiger partial charge in [0.1, 0.15) is 0 Å². The molecule has 1 fully saturated rings. The second kappa shape index (κ2) is 5.58. The summed E-state index contributed by atoms with van der Waals surface area (Å²) in [5.41, 5.74) is 0.549. The van der Waals surface area contributed by atoms with Crippen LogP contribution in [0.15, 0.2) is 24.3 Å². The molecule has 20 heavy (non-hydrogen) atoms. The van der Waals surface area contributed by atoms with Gasteiger partial charge in [-0.25, -0.2) is 0 Å². The Hall–Kier alpha value is -1.95. The summed E-state index contributed by atoms with van der Waals surface area (Å²) in [5, 5.41) is 10.1. The van der Waals surface area contributed by atoms with Crippen LogP contribution >= 0.6 is 11.6 Å². The maximum absolute atomic E-state index is 12.3. The first kappa shape index (κ1) is 14.5. The second-order valence-electron chi connectivity index (χ2n) is 4.61. The van der Waals surface area contributed by atoms with E-state index in [-0.39, 0.29) is 17.5 Å². The van der Waals surface area contributed by atoms with Crippen molar-refractivity contribution in [3.05, 3.63) is 34.4 Å². The summed E-state index contributed by atoms with van der Waals surface area (Å²) in [6, 6.07) is 5.75. The van der Waals surface area contributed by atoms with Crippen molar-refractivity contribution in [2.24, 2.45) is 11.8 Å². The van der Waals surface area contributed by atoms with Crippen molar-refractivity contribution in [3.8, 4) is 0 Å². The molecule has 0 spiro atoms. The predicted octanol–water partition coefficient (Wildman–Crippen LogP) is 2.35. The number of anilines is 1. The van der Waals surface area contributed by atoms with E-state index in [0.717, 1.165) is 0 Å². The Morgan fingerprint density at radius 3 is 2.35 bits per heavy atom. The first-order chi connectivity index (χ1) is 9.45. The summed E-state index contributed by atoms with van der Waals surface area (Å²) in [6.45, 7) is 2.23. The van der Waals surface area contributed by atoms with Crippen molar-refractivity contribution >= 4 is 34.1 Å². The van der Waals surface area contributed by atoms with E-state index in [2.05, 4.69) is 0 Å². The molecule has 6 nitrogen and oxygen atoms in total. The molecule has 1 aromatic carbocycles. The molecular formula is C13H13ClN2O4. The smallest absolute Gasteiger partial charge is 0.269 e. The standard InChI is InChI=1S/C13H13ClN2O4/c1-2-15(13(18)11-7-10(11)12(14)17)8-3-5-9(6-4-8)16(19)20/h3-6,10-11H,2,7H2,1H3. The van der Waals surface area contributed by atoms with Crippen molar-refractivity contribution < 1.29 is 14.5 Å². The van der Waals surface area contributed by atoms with E-state index in [1.54, 1.807) is 6.92 Å². The molecule has 1 amide bonds. The fourth-order valence-electron chi connectivity index (χ4n) is 2.14. The van der Waals surface area contributed by atoms with Crippen molar-refractivity contribution in [2.45, 2.75) is 13.3 Å². The van der Waals surface area contributed by atoms with Crippen LogP contribution in [0.3, 0.4) is 0 Å². The van der Waals surface area contributed by atoms with Crippen LogP contribution in [0.2, 0.25) is 0 Å². The molecule has 0 N–H and O–H groups in total. The van der Waals surface area contributed by atoms with Crippen LogP contribution in [-0.4, -0.2) is 22.6 Å². The van der Waals surface area contributed by atoms with Crippen LogP contribution in [-0.2, 0) is 9.59 Å². The highest BCUT2D eigenvalue weighted by Gasteiger charge is 2.48. The lowest BCUT2D eigenvalue weighted by molar-refractivity contribution is -0.384. The number of rotatable bonds is 5. The van der Waals surface area contributed by atoms with Gasteiger partial charge in [-0.2, -0.15) is 0 Å². The Bertz CT molecular complexity index is 558. The zero-order valence-corrected chi connectivity index (χ0v) is 11.5. The number of halogens is 1. The molecule has 0 aliphatic heterocycles. The Balaban J connectivity index is 2.14. The maximum Gasteiger partial charge on any atom is 0.269 e. The molecule has 1 aliphatic rings. The molecule has 1 aromatic rings. The van der Waals surface area contributed by atoms with E-state index in [1.165, 1.54) is 29.2 Å². The van der Waals surface area contributed by atoms with Gasteiger partial charge in [-0.05, 0) is 37.1 Å². The summed E-state index contributed by atoms with van der Waals surface area (Å²) in [4.78, 5) is 34.9. The predicted molar refractivity (Wildman–Crippen MR) is 73.6 cm³/mol. The number of benzene rings is 1. The molecule has 1 aliphatic carbocycles. The summed E-state index contributed by atoms with van der Waals surface area (Å²) < 4.78 is 0. The third-order valence-electron chi connectivity index (χ3n) is 3.35. The Labute approximate surface area is 120 Å². The fourth-order valence-corrected chi connectivity index (χ4v) is 2.38. The van der Waals surface area contributed by atoms with Crippen molar-refractivity contribution in [1.82, 2.24) is 0 Å². The van der Waals surface area contributed by atoms with Crippen LogP contribution in [0.1, 0.15) is 13.3 Å². The van der Waals surface area contributed by atoms with Crippen molar-refractivity contribution in [2.75, 3.05) is 11.4 Å². The number of nitro benzene ring substituents is 1. The monoisotopic (exact) mass is 296 g/mol. The van der Waals surface area contributed by atoms with Crippen molar-refractivity contribution in [3.63, 3.8) is 0 Å². The molecule has 0 bridgehead atoms. The Morgan fingerprint density at radius 1 is 1.35 bits per heavy atom. The molecule has 2 rings (SSSR count). The first-order valence-electron chi connectivity index (χ1n) is 6.21. The molecule has 0 radical (unpaired) electrons. The minimum Gasteiger partial charge on any atom is -0.312 e. The maximum atomic E-state index is 12.3. The van der Waals surface area contributed by atoms with Gasteiger partial charge in [0.2, 0.25) is 11.1 Å². The van der Waals surface area contributed by atoms with Gasteiger partial charge in [0.15, 0.2) is 0 Å². The van der Waals surface area contributed by atoms with E-state index in [9.17, 15) is 19.7 Å². The molecule has 2 atom stereocenters. The minimum atomic E-state index is -0.495. The molecule has 0 aromatic heterocycles. The van der Waals surface area contributed by atoms with Gasteiger partial charge in [-0.15, -0.1) is 0 Å². The van der Waals surface area contributed by atoms with E-state index in [0.29, 0.717) is 18.7 Å². The summed E-state index contributed by atoms with van der Waals surface area (Å²) >= 11 is 5.38. The van der Waals surface area contributed by atoms with E-state index < -0.39 is 16.1 Å². The second-order valence-corrected chi connectivity index (χ2v) is 4.98. The average Bonchev–Trinajstić information content (AvgIpc) is 3.20. The zero-order chi connectivity index (χ0) is 14.9. The van der Waals surface area contributed by atoms with Gasteiger partial charge < -0.3 is 4.90 Å². The molecule has 2 unspecified atom stereocenters. The van der Waals surface area contributed by atoms with Gasteiger partial charge >= 0.3 is 0 Å². The number of hydrogen-bond acceptors (Lipinski definition) is 4. The molecule has 0 heterocycles. The number of carbonyl (C=O) groups is 2. The van der Waals surface area contributed by atoms with Crippen molar-refractivity contribution in [1.29, 1.82) is 0 Å². The lowest BCUT2D eigenvalue weighted by Gasteiger charge is -2.21. The molecule has 106 valence electrons. The Morgan fingerprint density at radius 2 is 1.95 bits per heavy atom. The van der Waals surface area contributed by atoms with Crippen LogP contribution < -0.4 is 4.90 Å². The van der Waals surface area contributed by atoms with E-state index >= 15 is 0 Å². The lowest BCUT2D eigenvalue weighted by Crippen LogP contribution is -2.32. The topological polar surface area (TPSA) is 80.5 Å². The number of amides is 1.